The third kappa shape index (κ3) is 3.61. The predicted octanol–water partition coefficient (Wildman–Crippen LogP) is 4.62. The van der Waals surface area contributed by atoms with Gasteiger partial charge in [-0.15, -0.1) is 11.8 Å². The number of hydrogen-bond acceptors (Lipinski definition) is 4. The van der Waals surface area contributed by atoms with E-state index in [1.165, 1.54) is 11.8 Å². The monoisotopic (exact) mass is 318 g/mol. The minimum Gasteiger partial charge on any atom is -0.483 e. The van der Waals surface area contributed by atoms with Crippen LogP contribution >= 0.6 is 11.8 Å². The fourth-order valence-electron chi connectivity index (χ4n) is 2.13. The number of ether oxygens (including phenoxy) is 1. The normalized spacial score (nSPS) is 15.9. The Bertz CT molecular complexity index is 601. The van der Waals surface area contributed by atoms with Crippen LogP contribution in [0.15, 0.2) is 34.9 Å². The number of carbonyl (C=O) groups is 2. The van der Waals surface area contributed by atoms with Gasteiger partial charge in [-0.2, -0.15) is 0 Å². The zero-order valence-corrected chi connectivity index (χ0v) is 14.8. The maximum absolute atomic E-state index is 12.8. The van der Waals surface area contributed by atoms with Gasteiger partial charge in [0.05, 0.1) is 0 Å². The van der Waals surface area contributed by atoms with Gasteiger partial charge < -0.3 is 4.74 Å². The van der Waals surface area contributed by atoms with Crippen molar-refractivity contribution in [2.75, 3.05) is 0 Å². The van der Waals surface area contributed by atoms with Crippen molar-refractivity contribution < 1.29 is 14.3 Å². The molecule has 0 saturated carbocycles. The van der Waals surface area contributed by atoms with E-state index in [4.69, 9.17) is 4.74 Å². The van der Waals surface area contributed by atoms with Crippen molar-refractivity contribution >= 4 is 23.3 Å². The number of allylic oxidation sites excluding steroid dienone is 2. The lowest BCUT2D eigenvalue weighted by molar-refractivity contribution is 0.0416. The molecule has 0 bridgehead atoms. The molecule has 118 valence electrons. The Balaban J connectivity index is 2.60. The van der Waals surface area contributed by atoms with Crippen LogP contribution in [0.3, 0.4) is 0 Å². The van der Waals surface area contributed by atoms with Crippen LogP contribution in [0.1, 0.15) is 62.3 Å². The summed E-state index contributed by atoms with van der Waals surface area (Å²) in [6, 6.07) is 6.92. The van der Waals surface area contributed by atoms with E-state index in [1.54, 1.807) is 24.3 Å². The summed E-state index contributed by atoms with van der Waals surface area (Å²) in [5, 5.41) is 0. The van der Waals surface area contributed by atoms with Gasteiger partial charge in [-0.25, -0.2) is 0 Å². The van der Waals surface area contributed by atoms with E-state index in [9.17, 15) is 9.59 Å². The Hall–Kier alpha value is -1.55. The first kappa shape index (κ1) is 16.8. The summed E-state index contributed by atoms with van der Waals surface area (Å²) in [5.74, 6) is -0.164. The van der Waals surface area contributed by atoms with E-state index in [1.807, 2.05) is 41.5 Å². The average Bonchev–Trinajstić information content (AvgIpc) is 2.37. The van der Waals surface area contributed by atoms with Gasteiger partial charge in [0.25, 0.3) is 0 Å². The molecular weight excluding hydrogens is 296 g/mol. The highest BCUT2D eigenvalue weighted by Crippen LogP contribution is 2.40. The van der Waals surface area contributed by atoms with Crippen LogP contribution in [0.25, 0.3) is 0 Å². The van der Waals surface area contributed by atoms with E-state index < -0.39 is 5.60 Å². The van der Waals surface area contributed by atoms with Crippen molar-refractivity contribution in [2.24, 2.45) is 0 Å². The Labute approximate surface area is 136 Å². The minimum atomic E-state index is -0.540. The number of Topliss-reactive ketones (excluding diaryl/α,β-unsaturated/α-hetero) is 2. The third-order valence-electron chi connectivity index (χ3n) is 2.85. The molecule has 0 radical (unpaired) electrons. The van der Waals surface area contributed by atoms with Crippen LogP contribution < -0.4 is 0 Å². The number of ketones is 2. The molecule has 22 heavy (non-hydrogen) atoms. The Morgan fingerprint density at radius 2 is 1.36 bits per heavy atom. The quantitative estimate of drug-likeness (QED) is 0.798. The first-order valence-electron chi connectivity index (χ1n) is 7.30. The van der Waals surface area contributed by atoms with Gasteiger partial charge in [0.2, 0.25) is 11.6 Å². The van der Waals surface area contributed by atoms with Crippen molar-refractivity contribution in [3.63, 3.8) is 0 Å². The van der Waals surface area contributed by atoms with Crippen molar-refractivity contribution in [3.05, 3.63) is 46.1 Å². The fraction of sp³-hybridized carbons (Fsp3) is 0.444. The smallest absolute Gasteiger partial charge is 0.229 e. The van der Waals surface area contributed by atoms with Gasteiger partial charge >= 0.3 is 0 Å². The highest BCUT2D eigenvalue weighted by molar-refractivity contribution is 8.05. The molecule has 0 saturated heterocycles. The minimum absolute atomic E-state index is 0.130. The molecule has 0 aromatic heterocycles. The van der Waals surface area contributed by atoms with E-state index in [2.05, 4.69) is 0 Å². The number of fused-ring (bicyclic) bond motifs is 1. The van der Waals surface area contributed by atoms with Gasteiger partial charge in [-0.1, -0.05) is 45.0 Å². The van der Waals surface area contributed by atoms with Crippen LogP contribution in [-0.2, 0) is 4.74 Å². The standard InChI is InChI=1S/C18H22O3S/c1-17(2,3)21-15-13(19)11-9-7-8-10-12(11)14(20)16(15)22-18(4,5)6/h7-10H,1-6H3. The molecule has 0 spiro atoms. The van der Waals surface area contributed by atoms with Crippen LogP contribution in [0.5, 0.6) is 0 Å². The van der Waals surface area contributed by atoms with Crippen molar-refractivity contribution in [3.8, 4) is 0 Å². The van der Waals surface area contributed by atoms with Crippen LogP contribution in [-0.4, -0.2) is 21.9 Å². The zero-order valence-electron chi connectivity index (χ0n) is 13.9. The Kier molecular flexibility index (Phi) is 4.26. The van der Waals surface area contributed by atoms with Crippen LogP contribution in [0.2, 0.25) is 0 Å². The number of benzene rings is 1. The van der Waals surface area contributed by atoms with Gasteiger partial charge in [0, 0.05) is 15.9 Å². The maximum atomic E-state index is 12.8. The fourth-order valence-corrected chi connectivity index (χ4v) is 3.17. The number of thioether (sulfide) groups is 1. The molecule has 2 rings (SSSR count). The summed E-state index contributed by atoms with van der Waals surface area (Å²) in [4.78, 5) is 26.0. The molecule has 0 atom stereocenters. The summed E-state index contributed by atoms with van der Waals surface area (Å²) in [6.07, 6.45) is 0. The maximum Gasteiger partial charge on any atom is 0.229 e. The second-order valence-electron chi connectivity index (χ2n) is 7.29. The molecule has 4 heteroatoms. The molecule has 1 aromatic carbocycles. The Morgan fingerprint density at radius 1 is 0.864 bits per heavy atom. The number of rotatable bonds is 2. The molecule has 0 N–H and O–H groups in total. The summed E-state index contributed by atoms with van der Waals surface area (Å²) >= 11 is 1.39. The van der Waals surface area contributed by atoms with E-state index in [-0.39, 0.29) is 22.1 Å². The predicted molar refractivity (Wildman–Crippen MR) is 90.3 cm³/mol. The van der Waals surface area contributed by atoms with Crippen molar-refractivity contribution in [1.82, 2.24) is 0 Å². The van der Waals surface area contributed by atoms with E-state index >= 15 is 0 Å². The summed E-state index contributed by atoms with van der Waals surface area (Å²) < 4.78 is 5.67. The van der Waals surface area contributed by atoms with Gasteiger partial charge in [0.1, 0.15) is 10.5 Å². The first-order valence-corrected chi connectivity index (χ1v) is 8.12. The summed E-state index contributed by atoms with van der Waals surface area (Å²) in [7, 11) is 0. The Morgan fingerprint density at radius 3 is 1.82 bits per heavy atom. The molecule has 0 unspecified atom stereocenters. The van der Waals surface area contributed by atoms with Crippen molar-refractivity contribution in [2.45, 2.75) is 51.9 Å². The largest absolute Gasteiger partial charge is 0.483 e. The molecular formula is C18H22O3S. The van der Waals surface area contributed by atoms with Gasteiger partial charge in [-0.3, -0.25) is 9.59 Å². The van der Waals surface area contributed by atoms with E-state index in [0.717, 1.165) is 0 Å². The second-order valence-corrected chi connectivity index (χ2v) is 9.13. The topological polar surface area (TPSA) is 43.4 Å². The number of hydrogen-bond donors (Lipinski definition) is 0. The molecule has 0 fully saturated rings. The molecule has 1 aliphatic rings. The molecule has 0 amide bonds. The average molecular weight is 318 g/mol. The lowest BCUT2D eigenvalue weighted by Crippen LogP contribution is -2.29. The first-order chi connectivity index (χ1) is 9.99. The molecule has 3 nitrogen and oxygen atoms in total. The second kappa shape index (κ2) is 5.58. The summed E-state index contributed by atoms with van der Waals surface area (Å²) in [6.45, 7) is 11.7. The molecule has 0 heterocycles. The van der Waals surface area contributed by atoms with Crippen LogP contribution in [0.4, 0.5) is 0 Å². The third-order valence-corrected chi connectivity index (χ3v) is 4.04. The number of carbonyl (C=O) groups excluding carboxylic acids is 2. The summed E-state index contributed by atoms with van der Waals surface area (Å²) in [5.41, 5.74) is 0.340. The highest BCUT2D eigenvalue weighted by atomic mass is 32.2. The zero-order chi connectivity index (χ0) is 16.7. The van der Waals surface area contributed by atoms with Crippen molar-refractivity contribution in [1.29, 1.82) is 0 Å². The SMILES string of the molecule is CC(C)(C)OC1=C(SC(C)(C)C)C(=O)c2ccccc2C1=O. The van der Waals surface area contributed by atoms with Gasteiger partial charge in [-0.05, 0) is 20.8 Å². The lowest BCUT2D eigenvalue weighted by atomic mass is 9.93. The highest BCUT2D eigenvalue weighted by Gasteiger charge is 2.37. The van der Waals surface area contributed by atoms with Crippen LogP contribution in [0, 0.1) is 0 Å². The van der Waals surface area contributed by atoms with E-state index in [0.29, 0.717) is 16.0 Å². The lowest BCUT2D eigenvalue weighted by Gasteiger charge is -2.29. The molecule has 0 aliphatic heterocycles. The van der Waals surface area contributed by atoms with Gasteiger partial charge in [0.15, 0.2) is 5.76 Å². The molecule has 1 aliphatic carbocycles. The molecule has 1 aromatic rings.